The average Bonchev–Trinajstić information content (AvgIpc) is 2.78. The summed E-state index contributed by atoms with van der Waals surface area (Å²) in [5, 5.41) is 0. The number of ether oxygens (including phenoxy) is 1. The van der Waals surface area contributed by atoms with Gasteiger partial charge < -0.3 is 9.64 Å². The molecule has 2 aromatic rings. The Morgan fingerprint density at radius 2 is 1.78 bits per heavy atom. The van der Waals surface area contributed by atoms with Crippen molar-refractivity contribution in [3.63, 3.8) is 0 Å². The van der Waals surface area contributed by atoms with Crippen LogP contribution >= 0.6 is 15.9 Å². The molecular formula is C18H14BrNO3. The number of para-hydroxylation sites is 1. The van der Waals surface area contributed by atoms with Crippen molar-refractivity contribution in [3.8, 4) is 0 Å². The van der Waals surface area contributed by atoms with Crippen molar-refractivity contribution in [2.75, 3.05) is 11.9 Å². The van der Waals surface area contributed by atoms with Crippen LogP contribution in [0.15, 0.2) is 53.0 Å². The van der Waals surface area contributed by atoms with E-state index in [1.54, 1.807) is 11.9 Å². The zero-order chi connectivity index (χ0) is 16.6. The maximum absolute atomic E-state index is 12.8. The van der Waals surface area contributed by atoms with E-state index < -0.39 is 5.97 Å². The largest absolute Gasteiger partial charge is 0.425 e. The van der Waals surface area contributed by atoms with Crippen LogP contribution in [0.25, 0.3) is 11.3 Å². The number of hydrogen-bond acceptors (Lipinski definition) is 3. The van der Waals surface area contributed by atoms with Crippen molar-refractivity contribution in [2.24, 2.45) is 0 Å². The third-order valence-corrected chi connectivity index (χ3v) is 4.26. The van der Waals surface area contributed by atoms with Gasteiger partial charge in [0.15, 0.2) is 5.76 Å². The zero-order valence-corrected chi connectivity index (χ0v) is 14.3. The Balaban J connectivity index is 2.31. The fourth-order valence-corrected chi connectivity index (χ4v) is 3.28. The van der Waals surface area contributed by atoms with E-state index in [2.05, 4.69) is 15.9 Å². The van der Waals surface area contributed by atoms with Gasteiger partial charge in [-0.1, -0.05) is 42.5 Å². The lowest BCUT2D eigenvalue weighted by Crippen LogP contribution is -2.21. The van der Waals surface area contributed by atoms with Gasteiger partial charge in [0.2, 0.25) is 0 Å². The number of likely N-dealkylation sites (N-methyl/N-ethyl adjacent to an activating group) is 1. The van der Waals surface area contributed by atoms with Crippen LogP contribution in [0.1, 0.15) is 18.1 Å². The molecule has 0 aliphatic carbocycles. The Hall–Kier alpha value is -2.40. The van der Waals surface area contributed by atoms with Crippen LogP contribution in [0.5, 0.6) is 0 Å². The van der Waals surface area contributed by atoms with E-state index in [0.29, 0.717) is 11.1 Å². The van der Waals surface area contributed by atoms with Crippen molar-refractivity contribution in [1.82, 2.24) is 0 Å². The summed E-state index contributed by atoms with van der Waals surface area (Å²) in [6, 6.07) is 14.7. The lowest BCUT2D eigenvalue weighted by Gasteiger charge is -2.11. The normalized spacial score (nSPS) is 15.4. The van der Waals surface area contributed by atoms with Gasteiger partial charge in [-0.2, -0.15) is 0 Å². The lowest BCUT2D eigenvalue weighted by molar-refractivity contribution is -0.134. The summed E-state index contributed by atoms with van der Waals surface area (Å²) in [7, 11) is 1.70. The van der Waals surface area contributed by atoms with Crippen molar-refractivity contribution in [1.29, 1.82) is 0 Å². The van der Waals surface area contributed by atoms with Crippen LogP contribution in [-0.2, 0) is 14.3 Å². The number of hydrogen-bond donors (Lipinski definition) is 0. The zero-order valence-electron chi connectivity index (χ0n) is 12.7. The monoisotopic (exact) mass is 371 g/mol. The SMILES string of the molecule is CC(=O)O/C(=C1/C(=O)N(C)c2c(Br)cccc21)c1ccccc1. The van der Waals surface area contributed by atoms with E-state index in [0.717, 1.165) is 15.7 Å². The quantitative estimate of drug-likeness (QED) is 0.457. The molecule has 0 spiro atoms. The van der Waals surface area contributed by atoms with Crippen LogP contribution in [0.4, 0.5) is 5.69 Å². The van der Waals surface area contributed by atoms with E-state index in [1.807, 2.05) is 48.5 Å². The van der Waals surface area contributed by atoms with Gasteiger partial charge >= 0.3 is 5.97 Å². The number of amides is 1. The molecular weight excluding hydrogens is 358 g/mol. The van der Waals surface area contributed by atoms with Crippen molar-refractivity contribution in [3.05, 3.63) is 64.1 Å². The molecule has 0 saturated heterocycles. The number of fused-ring (bicyclic) bond motifs is 1. The van der Waals surface area contributed by atoms with Gasteiger partial charge in [-0.15, -0.1) is 0 Å². The second-order valence-corrected chi connectivity index (χ2v) is 6.02. The minimum absolute atomic E-state index is 0.202. The maximum Gasteiger partial charge on any atom is 0.308 e. The topological polar surface area (TPSA) is 46.6 Å². The minimum Gasteiger partial charge on any atom is -0.425 e. The van der Waals surface area contributed by atoms with Gasteiger partial charge in [-0.05, 0) is 22.0 Å². The standard InChI is InChI=1S/C18H14BrNO3/c1-11(21)23-17(12-7-4-3-5-8-12)15-13-9-6-10-14(19)16(13)20(2)18(15)22/h3-10H,1-2H3/b17-15+. The number of halogens is 1. The van der Waals surface area contributed by atoms with E-state index in [1.165, 1.54) is 6.92 Å². The van der Waals surface area contributed by atoms with E-state index in [9.17, 15) is 9.59 Å². The first-order valence-electron chi connectivity index (χ1n) is 7.05. The summed E-state index contributed by atoms with van der Waals surface area (Å²) in [5.41, 5.74) is 2.59. The number of anilines is 1. The molecule has 0 bridgehead atoms. The highest BCUT2D eigenvalue weighted by atomic mass is 79.9. The summed E-state index contributed by atoms with van der Waals surface area (Å²) in [6.45, 7) is 1.33. The van der Waals surface area contributed by atoms with Gasteiger partial charge in [0.25, 0.3) is 5.91 Å². The molecule has 23 heavy (non-hydrogen) atoms. The second-order valence-electron chi connectivity index (χ2n) is 5.16. The summed E-state index contributed by atoms with van der Waals surface area (Å²) in [5.74, 6) is -0.381. The van der Waals surface area contributed by atoms with Gasteiger partial charge in [0, 0.05) is 29.6 Å². The van der Waals surface area contributed by atoms with Crippen LogP contribution in [-0.4, -0.2) is 18.9 Å². The molecule has 3 rings (SSSR count). The first-order chi connectivity index (χ1) is 11.0. The Morgan fingerprint density at radius 3 is 2.43 bits per heavy atom. The molecule has 1 heterocycles. The Bertz CT molecular complexity index is 827. The number of nitrogens with zero attached hydrogens (tertiary/aromatic N) is 1. The van der Waals surface area contributed by atoms with Crippen LogP contribution in [0, 0.1) is 0 Å². The van der Waals surface area contributed by atoms with Crippen LogP contribution in [0.2, 0.25) is 0 Å². The number of rotatable bonds is 2. The molecule has 1 aliphatic heterocycles. The molecule has 0 aromatic heterocycles. The maximum atomic E-state index is 12.8. The predicted octanol–water partition coefficient (Wildman–Crippen LogP) is 3.86. The molecule has 1 aliphatic rings. The predicted molar refractivity (Wildman–Crippen MR) is 92.6 cm³/mol. The molecule has 0 atom stereocenters. The number of carbonyl (C=O) groups excluding carboxylic acids is 2. The molecule has 2 aromatic carbocycles. The molecule has 116 valence electrons. The third-order valence-electron chi connectivity index (χ3n) is 3.62. The summed E-state index contributed by atoms with van der Waals surface area (Å²) in [4.78, 5) is 25.9. The van der Waals surface area contributed by atoms with E-state index in [4.69, 9.17) is 4.74 Å². The first kappa shape index (κ1) is 15.5. The number of esters is 1. The lowest BCUT2D eigenvalue weighted by atomic mass is 10.0. The minimum atomic E-state index is -0.463. The van der Waals surface area contributed by atoms with Gasteiger partial charge in [0.1, 0.15) is 0 Å². The Labute approximate surface area is 142 Å². The van der Waals surface area contributed by atoms with E-state index >= 15 is 0 Å². The van der Waals surface area contributed by atoms with Crippen molar-refractivity contribution >= 4 is 44.8 Å². The smallest absolute Gasteiger partial charge is 0.308 e. The highest BCUT2D eigenvalue weighted by Gasteiger charge is 2.35. The second kappa shape index (κ2) is 6.01. The fraction of sp³-hybridized carbons (Fsp3) is 0.111. The molecule has 0 saturated carbocycles. The molecule has 4 nitrogen and oxygen atoms in total. The number of benzene rings is 2. The summed E-state index contributed by atoms with van der Waals surface area (Å²) < 4.78 is 6.23. The average molecular weight is 372 g/mol. The van der Waals surface area contributed by atoms with E-state index in [-0.39, 0.29) is 11.7 Å². The highest BCUT2D eigenvalue weighted by Crippen LogP contribution is 2.44. The number of carbonyl (C=O) groups is 2. The molecule has 0 N–H and O–H groups in total. The van der Waals surface area contributed by atoms with Gasteiger partial charge in [-0.25, -0.2) is 0 Å². The van der Waals surface area contributed by atoms with Crippen LogP contribution in [0.3, 0.4) is 0 Å². The Kier molecular flexibility index (Phi) is 4.05. The summed E-state index contributed by atoms with van der Waals surface area (Å²) >= 11 is 3.47. The third kappa shape index (κ3) is 2.68. The highest BCUT2D eigenvalue weighted by molar-refractivity contribution is 9.10. The van der Waals surface area contributed by atoms with Crippen LogP contribution < -0.4 is 4.90 Å². The summed E-state index contributed by atoms with van der Waals surface area (Å²) in [6.07, 6.45) is 0. The first-order valence-corrected chi connectivity index (χ1v) is 7.85. The molecule has 0 fully saturated rings. The van der Waals surface area contributed by atoms with Crippen molar-refractivity contribution < 1.29 is 14.3 Å². The molecule has 5 heteroatoms. The van der Waals surface area contributed by atoms with Gasteiger partial charge in [-0.3, -0.25) is 9.59 Å². The molecule has 0 radical (unpaired) electrons. The van der Waals surface area contributed by atoms with Gasteiger partial charge in [0.05, 0.1) is 11.3 Å². The Morgan fingerprint density at radius 1 is 1.09 bits per heavy atom. The fourth-order valence-electron chi connectivity index (χ4n) is 2.65. The molecule has 0 unspecified atom stereocenters. The van der Waals surface area contributed by atoms with Crippen molar-refractivity contribution in [2.45, 2.75) is 6.92 Å². The molecule has 1 amide bonds.